The van der Waals surface area contributed by atoms with Crippen molar-refractivity contribution in [3.8, 4) is 0 Å². The molecule has 0 spiro atoms. The van der Waals surface area contributed by atoms with E-state index in [0.29, 0.717) is 0 Å². The minimum atomic E-state index is -0.850. The van der Waals surface area contributed by atoms with E-state index >= 15 is 0 Å². The highest BCUT2D eigenvalue weighted by Crippen LogP contribution is 2.14. The van der Waals surface area contributed by atoms with E-state index in [1.54, 1.807) is 0 Å². The number of carbonyl (C=O) groups excluding carboxylic acids is 2. The number of esters is 2. The van der Waals surface area contributed by atoms with Crippen molar-refractivity contribution in [2.24, 2.45) is 0 Å². The second-order valence-electron chi connectivity index (χ2n) is 2.60. The van der Waals surface area contributed by atoms with Gasteiger partial charge >= 0.3 is 11.9 Å². The molecular formula is C7H10O5. The molecule has 1 N–H and O–H groups in total. The molecule has 5 heteroatoms. The van der Waals surface area contributed by atoms with Gasteiger partial charge in [0, 0.05) is 6.92 Å². The molecule has 1 heterocycles. The fraction of sp³-hybridized carbons (Fsp3) is 0.714. The Balaban J connectivity index is 2.33. The van der Waals surface area contributed by atoms with Crippen LogP contribution >= 0.6 is 0 Å². The van der Waals surface area contributed by atoms with E-state index in [2.05, 4.69) is 9.47 Å². The molecule has 0 saturated carbocycles. The minimum absolute atomic E-state index is 0.0219. The van der Waals surface area contributed by atoms with Crippen LogP contribution in [0.1, 0.15) is 13.3 Å². The van der Waals surface area contributed by atoms with Crippen molar-refractivity contribution in [2.45, 2.75) is 25.6 Å². The maximum Gasteiger partial charge on any atom is 0.309 e. The van der Waals surface area contributed by atoms with Gasteiger partial charge in [0.15, 0.2) is 6.10 Å². The molecule has 1 rings (SSSR count). The second kappa shape index (κ2) is 3.53. The number of aliphatic hydroxyl groups excluding tert-OH is 1. The molecule has 1 fully saturated rings. The van der Waals surface area contributed by atoms with Gasteiger partial charge in [0.25, 0.3) is 0 Å². The highest BCUT2D eigenvalue weighted by atomic mass is 16.6. The third-order valence-corrected chi connectivity index (χ3v) is 1.54. The minimum Gasteiger partial charge on any atom is -0.462 e. The van der Waals surface area contributed by atoms with Crippen LogP contribution in [0.4, 0.5) is 0 Å². The van der Waals surface area contributed by atoms with Crippen molar-refractivity contribution in [2.75, 3.05) is 6.61 Å². The van der Waals surface area contributed by atoms with Crippen molar-refractivity contribution in [3.05, 3.63) is 0 Å². The molecule has 2 atom stereocenters. The van der Waals surface area contributed by atoms with Crippen LogP contribution in [0, 0.1) is 0 Å². The summed E-state index contributed by atoms with van der Waals surface area (Å²) in [5, 5.41) is 9.14. The van der Waals surface area contributed by atoms with Gasteiger partial charge in [-0.25, -0.2) is 0 Å². The van der Waals surface area contributed by atoms with E-state index in [9.17, 15) is 9.59 Å². The van der Waals surface area contributed by atoms with Crippen LogP contribution < -0.4 is 0 Å². The van der Waals surface area contributed by atoms with Gasteiger partial charge in [-0.05, 0) is 0 Å². The van der Waals surface area contributed by atoms with Gasteiger partial charge in [-0.1, -0.05) is 0 Å². The first-order valence-corrected chi connectivity index (χ1v) is 3.60. The lowest BCUT2D eigenvalue weighted by molar-refractivity contribution is -0.152. The van der Waals surface area contributed by atoms with Crippen molar-refractivity contribution in [3.63, 3.8) is 0 Å². The van der Waals surface area contributed by atoms with Gasteiger partial charge < -0.3 is 14.6 Å². The zero-order valence-electron chi connectivity index (χ0n) is 6.65. The summed E-state index contributed by atoms with van der Waals surface area (Å²) >= 11 is 0. The monoisotopic (exact) mass is 174 g/mol. The highest BCUT2D eigenvalue weighted by Gasteiger charge is 2.33. The molecule has 2 unspecified atom stereocenters. The smallest absolute Gasteiger partial charge is 0.309 e. The Hall–Kier alpha value is -1.10. The van der Waals surface area contributed by atoms with Crippen molar-refractivity contribution < 1.29 is 24.2 Å². The lowest BCUT2D eigenvalue weighted by Gasteiger charge is -2.11. The number of hydrogen-bond acceptors (Lipinski definition) is 5. The Morgan fingerprint density at radius 2 is 2.50 bits per heavy atom. The standard InChI is InChI=1S/C7H10O5/c1-4(8)11-3-6-5(9)2-7(10)12-6/h5-6,9H,2-3H2,1H3. The third kappa shape index (κ3) is 2.20. The Morgan fingerprint density at radius 1 is 1.83 bits per heavy atom. The first-order valence-electron chi connectivity index (χ1n) is 3.60. The third-order valence-electron chi connectivity index (χ3n) is 1.54. The lowest BCUT2D eigenvalue weighted by atomic mass is 10.2. The molecule has 1 aliphatic rings. The topological polar surface area (TPSA) is 72.8 Å². The predicted octanol–water partition coefficient (Wildman–Crippen LogP) is -0.774. The fourth-order valence-electron chi connectivity index (χ4n) is 0.942. The summed E-state index contributed by atoms with van der Waals surface area (Å²) in [6.45, 7) is 1.19. The van der Waals surface area contributed by atoms with Crippen molar-refractivity contribution in [1.82, 2.24) is 0 Å². The molecule has 0 radical (unpaired) electrons. The summed E-state index contributed by atoms with van der Waals surface area (Å²) in [4.78, 5) is 20.9. The number of cyclic esters (lactones) is 1. The molecule has 0 aromatic heterocycles. The Labute approximate surface area is 69.3 Å². The summed E-state index contributed by atoms with van der Waals surface area (Å²) in [5.74, 6) is -0.912. The zero-order valence-corrected chi connectivity index (χ0v) is 6.65. The summed E-state index contributed by atoms with van der Waals surface area (Å²) in [7, 11) is 0. The van der Waals surface area contributed by atoms with Crippen molar-refractivity contribution in [1.29, 1.82) is 0 Å². The molecule has 0 bridgehead atoms. The molecule has 0 amide bonds. The van der Waals surface area contributed by atoms with Crippen LogP contribution in [0.2, 0.25) is 0 Å². The Morgan fingerprint density at radius 3 is 2.92 bits per heavy atom. The van der Waals surface area contributed by atoms with E-state index in [1.165, 1.54) is 6.92 Å². The highest BCUT2D eigenvalue weighted by molar-refractivity contribution is 5.72. The molecule has 0 aromatic rings. The van der Waals surface area contributed by atoms with Gasteiger partial charge in [0.2, 0.25) is 0 Å². The van der Waals surface area contributed by atoms with Gasteiger partial charge in [-0.15, -0.1) is 0 Å². The van der Waals surface area contributed by atoms with E-state index in [4.69, 9.17) is 5.11 Å². The molecule has 0 aliphatic carbocycles. The summed E-state index contributed by atoms with van der Waals surface area (Å²) in [6.07, 6.45) is -1.57. The summed E-state index contributed by atoms with van der Waals surface area (Å²) in [5.41, 5.74) is 0. The van der Waals surface area contributed by atoms with Crippen LogP contribution in [0.25, 0.3) is 0 Å². The van der Waals surface area contributed by atoms with Gasteiger partial charge in [-0.3, -0.25) is 9.59 Å². The predicted molar refractivity (Wildman–Crippen MR) is 37.1 cm³/mol. The average Bonchev–Trinajstić information content (AvgIpc) is 2.26. The molecule has 1 saturated heterocycles. The number of aliphatic hydroxyl groups is 1. The number of carbonyl (C=O) groups is 2. The molecule has 12 heavy (non-hydrogen) atoms. The van der Waals surface area contributed by atoms with E-state index in [1.807, 2.05) is 0 Å². The van der Waals surface area contributed by atoms with Gasteiger partial charge in [0.1, 0.15) is 12.7 Å². The second-order valence-corrected chi connectivity index (χ2v) is 2.60. The van der Waals surface area contributed by atoms with Crippen molar-refractivity contribution >= 4 is 11.9 Å². The van der Waals surface area contributed by atoms with E-state index in [-0.39, 0.29) is 13.0 Å². The molecule has 5 nitrogen and oxygen atoms in total. The lowest BCUT2D eigenvalue weighted by Crippen LogP contribution is -2.27. The number of hydrogen-bond donors (Lipinski definition) is 1. The largest absolute Gasteiger partial charge is 0.462 e. The van der Waals surface area contributed by atoms with Crippen LogP contribution in [0.3, 0.4) is 0 Å². The quantitative estimate of drug-likeness (QED) is 0.556. The molecular weight excluding hydrogens is 164 g/mol. The summed E-state index contributed by atoms with van der Waals surface area (Å²) in [6, 6.07) is 0. The maximum atomic E-state index is 10.6. The molecule has 68 valence electrons. The molecule has 0 aromatic carbocycles. The Bertz CT molecular complexity index is 200. The van der Waals surface area contributed by atoms with Crippen LogP contribution in [0.5, 0.6) is 0 Å². The van der Waals surface area contributed by atoms with Crippen LogP contribution in [-0.2, 0) is 19.1 Å². The maximum absolute atomic E-state index is 10.6. The summed E-state index contributed by atoms with van der Waals surface area (Å²) < 4.78 is 9.23. The first-order chi connectivity index (χ1) is 5.59. The van der Waals surface area contributed by atoms with E-state index in [0.717, 1.165) is 0 Å². The average molecular weight is 174 g/mol. The fourth-order valence-corrected chi connectivity index (χ4v) is 0.942. The molecule has 1 aliphatic heterocycles. The first kappa shape index (κ1) is 8.99. The normalized spacial score (nSPS) is 28.3. The Kier molecular flexibility index (Phi) is 2.65. The SMILES string of the molecule is CC(=O)OCC1OC(=O)CC1O. The van der Waals surface area contributed by atoms with Crippen LogP contribution in [0.15, 0.2) is 0 Å². The van der Waals surface area contributed by atoms with Gasteiger partial charge in [-0.2, -0.15) is 0 Å². The van der Waals surface area contributed by atoms with Crippen LogP contribution in [-0.4, -0.2) is 35.9 Å². The number of ether oxygens (including phenoxy) is 2. The van der Waals surface area contributed by atoms with E-state index < -0.39 is 24.1 Å². The zero-order chi connectivity index (χ0) is 9.14. The number of rotatable bonds is 2. The van der Waals surface area contributed by atoms with Gasteiger partial charge in [0.05, 0.1) is 6.42 Å².